The van der Waals surface area contributed by atoms with E-state index in [9.17, 15) is 0 Å². The van der Waals surface area contributed by atoms with Crippen molar-refractivity contribution in [2.45, 2.75) is 136 Å². The van der Waals surface area contributed by atoms with E-state index < -0.39 is 0 Å². The Labute approximate surface area is 309 Å². The van der Waals surface area contributed by atoms with Crippen molar-refractivity contribution in [3.05, 3.63) is 108 Å². The Balaban J connectivity index is 0.000000356. The second kappa shape index (κ2) is 27.2. The molecule has 3 fully saturated rings. The van der Waals surface area contributed by atoms with Crippen LogP contribution in [0.15, 0.2) is 91.0 Å². The van der Waals surface area contributed by atoms with Gasteiger partial charge in [-0.15, -0.1) is 0 Å². The van der Waals surface area contributed by atoms with Gasteiger partial charge in [0, 0.05) is 0 Å². The van der Waals surface area contributed by atoms with Crippen molar-refractivity contribution < 1.29 is 28.6 Å². The van der Waals surface area contributed by atoms with E-state index >= 15 is 0 Å². The first kappa shape index (κ1) is 45.6. The quantitative estimate of drug-likeness (QED) is 0.187. The summed E-state index contributed by atoms with van der Waals surface area (Å²) in [5.41, 5.74) is 4.39. The highest BCUT2D eigenvalue weighted by molar-refractivity contribution is 5.17. The minimum Gasteiger partial charge on any atom is -0.376 e. The van der Waals surface area contributed by atoms with Gasteiger partial charge in [-0.3, -0.25) is 0 Å². The van der Waals surface area contributed by atoms with Crippen LogP contribution in [-0.2, 0) is 47.9 Å². The van der Waals surface area contributed by atoms with Crippen LogP contribution < -0.4 is 0 Å². The molecule has 3 aromatic rings. The van der Waals surface area contributed by atoms with E-state index in [1.54, 1.807) is 0 Å². The molecular weight excluding hydrogens is 636 g/mol. The number of benzene rings is 3. The molecule has 6 heteroatoms. The number of rotatable bonds is 12. The Morgan fingerprint density at radius 1 is 0.412 bits per heavy atom. The van der Waals surface area contributed by atoms with Gasteiger partial charge in [-0.05, 0) is 134 Å². The molecule has 0 unspecified atom stereocenters. The zero-order valence-corrected chi connectivity index (χ0v) is 32.3. The van der Waals surface area contributed by atoms with Crippen LogP contribution in [0.5, 0.6) is 0 Å². The predicted octanol–water partition coefficient (Wildman–Crippen LogP) is 9.74. The maximum Gasteiger partial charge on any atom is 0.106 e. The van der Waals surface area contributed by atoms with E-state index in [0.717, 1.165) is 17.8 Å². The van der Waals surface area contributed by atoms with Crippen molar-refractivity contribution in [3.8, 4) is 0 Å². The number of ether oxygens (including phenoxy) is 3. The third-order valence-electron chi connectivity index (χ3n) is 9.07. The normalized spacial score (nSPS) is 22.5. The van der Waals surface area contributed by atoms with E-state index in [4.69, 9.17) is 28.6 Å². The highest BCUT2D eigenvalue weighted by Gasteiger charge is 2.32. The summed E-state index contributed by atoms with van der Waals surface area (Å²) < 4.78 is 17.3. The van der Waals surface area contributed by atoms with Crippen LogP contribution in [0.4, 0.5) is 0 Å². The Morgan fingerprint density at radius 2 is 0.608 bits per heavy atom. The maximum absolute atomic E-state index is 8.00. The maximum atomic E-state index is 8.00. The molecule has 51 heavy (non-hydrogen) atoms. The van der Waals surface area contributed by atoms with E-state index in [1.807, 2.05) is 20.4 Å². The molecular formula is C45H66O6. The summed E-state index contributed by atoms with van der Waals surface area (Å²) in [5, 5.41) is 0. The van der Waals surface area contributed by atoms with Crippen molar-refractivity contribution in [1.82, 2.24) is 0 Å². The van der Waals surface area contributed by atoms with Gasteiger partial charge < -0.3 is 28.6 Å². The molecule has 0 aliphatic heterocycles. The van der Waals surface area contributed by atoms with Crippen molar-refractivity contribution in [2.24, 2.45) is 17.8 Å². The zero-order chi connectivity index (χ0) is 38.0. The van der Waals surface area contributed by atoms with Crippen molar-refractivity contribution in [2.75, 3.05) is 0 Å². The van der Waals surface area contributed by atoms with Crippen LogP contribution in [0.25, 0.3) is 0 Å². The van der Waals surface area contributed by atoms with Crippen LogP contribution in [0.2, 0.25) is 0 Å². The number of carbonyl (C=O) groups is 3. The van der Waals surface area contributed by atoms with Gasteiger partial charge in [0.15, 0.2) is 0 Å². The topological polar surface area (TPSA) is 78.9 Å². The molecule has 3 saturated carbocycles. The second-order valence-corrected chi connectivity index (χ2v) is 14.5. The van der Waals surface area contributed by atoms with Crippen LogP contribution in [0, 0.1) is 17.8 Å². The molecule has 3 aliphatic rings. The molecule has 0 bridgehead atoms. The van der Waals surface area contributed by atoms with Crippen molar-refractivity contribution in [1.29, 1.82) is 0 Å². The Kier molecular flexibility index (Phi) is 24.3. The number of carbonyl (C=O) groups excluding carboxylic acids is 3. The Hall–Kier alpha value is -3.45. The van der Waals surface area contributed by atoms with Crippen molar-refractivity contribution >= 4 is 20.4 Å². The summed E-state index contributed by atoms with van der Waals surface area (Å²) in [4.78, 5) is 24.0. The fourth-order valence-corrected chi connectivity index (χ4v) is 6.85. The van der Waals surface area contributed by atoms with Gasteiger partial charge in [-0.1, -0.05) is 91.0 Å². The average Bonchev–Trinajstić information content (AvgIpc) is 3.09. The van der Waals surface area contributed by atoms with Crippen LogP contribution in [-0.4, -0.2) is 57.0 Å². The average molecular weight is 703 g/mol. The molecule has 0 saturated heterocycles. The molecule has 0 amide bonds. The molecule has 0 radical (unpaired) electrons. The summed E-state index contributed by atoms with van der Waals surface area (Å²) in [6, 6.07) is 32.3. The molecule has 3 aromatic carbocycles. The Morgan fingerprint density at radius 3 is 0.784 bits per heavy atom. The predicted molar refractivity (Wildman–Crippen MR) is 210 cm³/mol. The lowest BCUT2D eigenvalue weighted by molar-refractivity contribution is -0.0987. The third kappa shape index (κ3) is 19.7. The molecule has 282 valence electrons. The fraction of sp³-hybridized carbons (Fsp3) is 0.533. The van der Waals surface area contributed by atoms with Crippen molar-refractivity contribution in [3.63, 3.8) is 0 Å². The lowest BCUT2D eigenvalue weighted by Gasteiger charge is -2.36. The first-order valence-electron chi connectivity index (χ1n) is 18.7. The van der Waals surface area contributed by atoms with Crippen LogP contribution in [0.1, 0.15) is 96.8 Å². The molecule has 6 nitrogen and oxygen atoms in total. The van der Waals surface area contributed by atoms with Gasteiger partial charge in [0.2, 0.25) is 0 Å². The highest BCUT2D eigenvalue weighted by Crippen LogP contribution is 2.35. The van der Waals surface area contributed by atoms with Crippen LogP contribution in [0.3, 0.4) is 0 Å². The van der Waals surface area contributed by atoms with Crippen LogP contribution >= 0.6 is 0 Å². The smallest absolute Gasteiger partial charge is 0.106 e. The molecule has 0 aromatic heterocycles. The SMILES string of the molecule is C=O.C=O.C=O.CC(C)OC1CC(Cc2ccccc2)C1.CC(C)OC1CC(Cc2ccccc2)C1.CC(C)OC1CC(Cc2ccccc2)C1. The van der Waals surface area contributed by atoms with Gasteiger partial charge in [-0.25, -0.2) is 0 Å². The minimum atomic E-state index is 0.382. The molecule has 0 N–H and O–H groups in total. The van der Waals surface area contributed by atoms with E-state index in [1.165, 1.54) is 74.5 Å². The zero-order valence-electron chi connectivity index (χ0n) is 32.3. The molecule has 0 spiro atoms. The monoisotopic (exact) mass is 702 g/mol. The summed E-state index contributed by atoms with van der Waals surface area (Å²) in [6.45, 7) is 18.7. The standard InChI is InChI=1S/3C14H20O.3CH2O/c3*1-11(2)15-14-9-13(10-14)8-12-6-4-3-5-7-12;3*1-2/h3*3-7,11,13-14H,8-10H2,1-2H3;3*1H2. The van der Waals surface area contributed by atoms with Gasteiger partial charge in [0.25, 0.3) is 0 Å². The summed E-state index contributed by atoms with van der Waals surface area (Å²) in [7, 11) is 0. The van der Waals surface area contributed by atoms with Gasteiger partial charge in [0.1, 0.15) is 20.4 Å². The highest BCUT2D eigenvalue weighted by atomic mass is 16.5. The minimum absolute atomic E-state index is 0.382. The summed E-state index contributed by atoms with van der Waals surface area (Å²) >= 11 is 0. The molecule has 6 rings (SSSR count). The first-order chi connectivity index (χ1) is 24.7. The number of hydrogen-bond acceptors (Lipinski definition) is 6. The molecule has 0 atom stereocenters. The number of hydrogen-bond donors (Lipinski definition) is 0. The second-order valence-electron chi connectivity index (χ2n) is 14.5. The van der Waals surface area contributed by atoms with Gasteiger partial charge in [0.05, 0.1) is 36.6 Å². The van der Waals surface area contributed by atoms with Gasteiger partial charge >= 0.3 is 0 Å². The lowest BCUT2D eigenvalue weighted by Crippen LogP contribution is -2.34. The molecule has 0 heterocycles. The lowest BCUT2D eigenvalue weighted by atomic mass is 9.78. The third-order valence-corrected chi connectivity index (χ3v) is 9.07. The van der Waals surface area contributed by atoms with E-state index in [0.29, 0.717) is 36.6 Å². The largest absolute Gasteiger partial charge is 0.376 e. The molecule has 3 aliphatic carbocycles. The van der Waals surface area contributed by atoms with E-state index in [-0.39, 0.29) is 0 Å². The van der Waals surface area contributed by atoms with Gasteiger partial charge in [-0.2, -0.15) is 0 Å². The summed E-state index contributed by atoms with van der Waals surface area (Å²) in [5.74, 6) is 2.53. The fourth-order valence-electron chi connectivity index (χ4n) is 6.85. The summed E-state index contributed by atoms with van der Waals surface area (Å²) in [6.07, 6.45) is 13.8. The first-order valence-corrected chi connectivity index (χ1v) is 18.7. The van der Waals surface area contributed by atoms with E-state index in [2.05, 4.69) is 133 Å². The Bertz CT molecular complexity index is 1060.